The van der Waals surface area contributed by atoms with Crippen molar-refractivity contribution in [1.82, 2.24) is 4.57 Å². The molecule has 0 aliphatic rings. The van der Waals surface area contributed by atoms with Gasteiger partial charge in [0.05, 0.1) is 5.69 Å². The first-order chi connectivity index (χ1) is 17.5. The van der Waals surface area contributed by atoms with Gasteiger partial charge in [-0.25, -0.2) is 0 Å². The first kappa shape index (κ1) is 27.3. The highest BCUT2D eigenvalue weighted by Gasteiger charge is 2.30. The van der Waals surface area contributed by atoms with E-state index in [1.54, 1.807) is 55.5 Å². The summed E-state index contributed by atoms with van der Waals surface area (Å²) in [7, 11) is 0. The third kappa shape index (κ3) is 6.49. The van der Waals surface area contributed by atoms with Crippen LogP contribution >= 0.6 is 0 Å². The Balaban J connectivity index is 2.09. The maximum atomic E-state index is 11.7. The van der Waals surface area contributed by atoms with Gasteiger partial charge in [0.1, 0.15) is 17.6 Å². The Labute approximate surface area is 215 Å². The molecule has 2 aromatic carbocycles. The number of benzene rings is 2. The van der Waals surface area contributed by atoms with Crippen LogP contribution in [0.5, 0.6) is 23.3 Å². The predicted molar refractivity (Wildman–Crippen MR) is 135 cm³/mol. The van der Waals surface area contributed by atoms with E-state index in [2.05, 4.69) is 0 Å². The molecule has 0 saturated heterocycles. The molecule has 2 unspecified atom stereocenters. The average molecular weight is 510 g/mol. The monoisotopic (exact) mass is 509 g/mol. The third-order valence-corrected chi connectivity index (χ3v) is 5.94. The van der Waals surface area contributed by atoms with Gasteiger partial charge in [0, 0.05) is 37.8 Å². The van der Waals surface area contributed by atoms with Crippen LogP contribution < -0.4 is 9.47 Å². The summed E-state index contributed by atoms with van der Waals surface area (Å²) in [5, 5.41) is 22.4. The fourth-order valence-corrected chi connectivity index (χ4v) is 4.32. The van der Waals surface area contributed by atoms with Crippen molar-refractivity contribution in [2.45, 2.75) is 59.5 Å². The lowest BCUT2D eigenvalue weighted by Gasteiger charge is -2.24. The smallest absolute Gasteiger partial charge is 0.308 e. The number of carbonyl (C=O) groups excluding carboxylic acids is 3. The van der Waals surface area contributed by atoms with E-state index in [9.17, 15) is 24.6 Å². The van der Waals surface area contributed by atoms with Crippen LogP contribution in [0, 0.1) is 6.92 Å². The van der Waals surface area contributed by atoms with Crippen molar-refractivity contribution in [3.8, 4) is 28.9 Å². The highest BCUT2D eigenvalue weighted by Crippen LogP contribution is 2.45. The summed E-state index contributed by atoms with van der Waals surface area (Å²) >= 11 is 0. The summed E-state index contributed by atoms with van der Waals surface area (Å²) in [6.45, 7) is 7.55. The Morgan fingerprint density at radius 2 is 1.32 bits per heavy atom. The van der Waals surface area contributed by atoms with E-state index in [0.717, 1.165) is 5.56 Å². The van der Waals surface area contributed by atoms with Crippen LogP contribution in [-0.4, -0.2) is 38.8 Å². The lowest BCUT2D eigenvalue weighted by atomic mass is 9.85. The number of rotatable bonds is 9. The zero-order chi connectivity index (χ0) is 27.3. The van der Waals surface area contributed by atoms with Gasteiger partial charge >= 0.3 is 17.9 Å². The molecule has 0 aliphatic heterocycles. The number of carbonyl (C=O) groups is 3. The second-order valence-corrected chi connectivity index (χ2v) is 8.70. The van der Waals surface area contributed by atoms with E-state index < -0.39 is 29.9 Å². The lowest BCUT2D eigenvalue weighted by molar-refractivity contribution is -0.147. The zero-order valence-electron chi connectivity index (χ0n) is 21.5. The van der Waals surface area contributed by atoms with Crippen molar-refractivity contribution < 1.29 is 38.8 Å². The van der Waals surface area contributed by atoms with Gasteiger partial charge < -0.3 is 24.4 Å². The second-order valence-electron chi connectivity index (χ2n) is 8.70. The minimum atomic E-state index is -0.469. The highest BCUT2D eigenvalue weighted by atomic mass is 16.5. The van der Waals surface area contributed by atoms with E-state index >= 15 is 0 Å². The van der Waals surface area contributed by atoms with Crippen LogP contribution in [0.3, 0.4) is 0 Å². The summed E-state index contributed by atoms with van der Waals surface area (Å²) in [6, 6.07) is 13.2. The first-order valence-electron chi connectivity index (χ1n) is 11.9. The number of nitrogens with zero attached hydrogens (tertiary/aromatic N) is 1. The molecule has 1 aromatic heterocycles. The fourth-order valence-electron chi connectivity index (χ4n) is 4.32. The Bertz CT molecular complexity index is 1280. The number of ether oxygens (including phenoxy) is 3. The molecule has 3 aromatic rings. The first-order valence-corrected chi connectivity index (χ1v) is 11.9. The van der Waals surface area contributed by atoms with Crippen LogP contribution in [0.1, 0.15) is 63.1 Å². The molecule has 37 heavy (non-hydrogen) atoms. The van der Waals surface area contributed by atoms with E-state index in [0.29, 0.717) is 41.2 Å². The number of hydrogen-bond acceptors (Lipinski definition) is 8. The van der Waals surface area contributed by atoms with Crippen LogP contribution in [-0.2, 0) is 19.1 Å². The lowest BCUT2D eigenvalue weighted by Crippen LogP contribution is -2.19. The SMILES string of the molecule is CCC(CC(c1ccc(OC(C)=O)cc1)c1c(C)c(O)n(-c2ccc(OC(C)=O)cc2)c1O)OC(C)=O. The summed E-state index contributed by atoms with van der Waals surface area (Å²) in [5.74, 6) is -1.42. The number of aromatic hydroxyl groups is 2. The molecule has 0 saturated carbocycles. The Hall–Kier alpha value is -4.27. The Morgan fingerprint density at radius 1 is 0.811 bits per heavy atom. The van der Waals surface area contributed by atoms with Gasteiger partial charge in [-0.1, -0.05) is 19.1 Å². The summed E-state index contributed by atoms with van der Waals surface area (Å²) in [5.41, 5.74) is 2.14. The van der Waals surface area contributed by atoms with Crippen molar-refractivity contribution in [3.05, 3.63) is 65.2 Å². The second kappa shape index (κ2) is 11.6. The summed E-state index contributed by atoms with van der Waals surface area (Å²) < 4.78 is 17.0. The quantitative estimate of drug-likeness (QED) is 0.308. The van der Waals surface area contributed by atoms with Gasteiger partial charge in [0.15, 0.2) is 0 Å². The molecule has 0 spiro atoms. The molecule has 9 heteroatoms. The number of hydrogen-bond donors (Lipinski definition) is 2. The van der Waals surface area contributed by atoms with Gasteiger partial charge in [0.25, 0.3) is 0 Å². The molecule has 2 N–H and O–H groups in total. The van der Waals surface area contributed by atoms with Crippen LogP contribution in [0.25, 0.3) is 5.69 Å². The normalized spacial score (nSPS) is 12.5. The largest absolute Gasteiger partial charge is 0.494 e. The Morgan fingerprint density at radius 3 is 1.78 bits per heavy atom. The van der Waals surface area contributed by atoms with Crippen molar-refractivity contribution >= 4 is 17.9 Å². The topological polar surface area (TPSA) is 124 Å². The van der Waals surface area contributed by atoms with E-state index in [1.165, 1.54) is 25.3 Å². The van der Waals surface area contributed by atoms with Crippen molar-refractivity contribution in [3.63, 3.8) is 0 Å². The molecular weight excluding hydrogens is 478 g/mol. The third-order valence-electron chi connectivity index (χ3n) is 5.94. The predicted octanol–water partition coefficient (Wildman–Crippen LogP) is 4.91. The highest BCUT2D eigenvalue weighted by molar-refractivity contribution is 5.70. The van der Waals surface area contributed by atoms with E-state index in [-0.39, 0.29) is 11.8 Å². The fraction of sp³-hybridized carbons (Fsp3) is 0.321. The molecule has 196 valence electrons. The maximum Gasteiger partial charge on any atom is 0.308 e. The van der Waals surface area contributed by atoms with E-state index in [1.807, 2.05) is 6.92 Å². The molecule has 0 aliphatic carbocycles. The Kier molecular flexibility index (Phi) is 8.60. The van der Waals surface area contributed by atoms with Gasteiger partial charge in [-0.15, -0.1) is 0 Å². The molecule has 0 radical (unpaired) electrons. The molecule has 0 bridgehead atoms. The zero-order valence-corrected chi connectivity index (χ0v) is 21.5. The summed E-state index contributed by atoms with van der Waals surface area (Å²) in [4.78, 5) is 34.2. The summed E-state index contributed by atoms with van der Waals surface area (Å²) in [6.07, 6.45) is 0.445. The number of aromatic nitrogens is 1. The average Bonchev–Trinajstić information content (AvgIpc) is 3.05. The van der Waals surface area contributed by atoms with Crippen LogP contribution in [0.15, 0.2) is 48.5 Å². The molecule has 2 atom stereocenters. The standard InChI is InChI=1S/C28H31NO8/c1-6-22(35-17(3)30)15-25(20-7-11-23(12-8-20)36-18(4)31)26-16(2)27(33)29(28(26)34)21-9-13-24(14-10-21)37-19(5)32/h7-14,22,25,33-34H,6,15H2,1-5H3. The molecular formula is C28H31NO8. The minimum absolute atomic E-state index is 0.158. The van der Waals surface area contributed by atoms with Crippen LogP contribution in [0.2, 0.25) is 0 Å². The molecule has 0 fully saturated rings. The minimum Gasteiger partial charge on any atom is -0.494 e. The van der Waals surface area contributed by atoms with Crippen LogP contribution in [0.4, 0.5) is 0 Å². The van der Waals surface area contributed by atoms with E-state index in [4.69, 9.17) is 14.2 Å². The van der Waals surface area contributed by atoms with Gasteiger partial charge in [-0.2, -0.15) is 0 Å². The van der Waals surface area contributed by atoms with Gasteiger partial charge in [-0.3, -0.25) is 19.0 Å². The van der Waals surface area contributed by atoms with Crippen molar-refractivity contribution in [2.75, 3.05) is 0 Å². The molecule has 3 rings (SSSR count). The van der Waals surface area contributed by atoms with Crippen molar-refractivity contribution in [1.29, 1.82) is 0 Å². The molecule has 9 nitrogen and oxygen atoms in total. The van der Waals surface area contributed by atoms with Gasteiger partial charge in [0.2, 0.25) is 11.8 Å². The maximum absolute atomic E-state index is 11.7. The number of esters is 3. The molecule has 0 amide bonds. The van der Waals surface area contributed by atoms with Gasteiger partial charge in [-0.05, 0) is 61.7 Å². The molecule has 1 heterocycles. The van der Waals surface area contributed by atoms with Crippen molar-refractivity contribution in [2.24, 2.45) is 0 Å².